The van der Waals surface area contributed by atoms with Crippen LogP contribution in [0.1, 0.15) is 17.0 Å². The molecule has 4 nitrogen and oxygen atoms in total. The van der Waals surface area contributed by atoms with Crippen molar-refractivity contribution in [2.24, 2.45) is 0 Å². The first-order valence-electron chi connectivity index (χ1n) is 6.31. The zero-order valence-corrected chi connectivity index (χ0v) is 10.9. The number of rotatable bonds is 6. The fourth-order valence-corrected chi connectivity index (χ4v) is 1.89. The predicted octanol–water partition coefficient (Wildman–Crippen LogP) is 2.43. The van der Waals surface area contributed by atoms with Crippen molar-refractivity contribution in [3.63, 3.8) is 0 Å². The summed E-state index contributed by atoms with van der Waals surface area (Å²) in [4.78, 5) is 11.0. The van der Waals surface area contributed by atoms with Gasteiger partial charge in [0.15, 0.2) is 0 Å². The number of hydrogen-bond acceptors (Lipinski definition) is 3. The summed E-state index contributed by atoms with van der Waals surface area (Å²) in [5.74, 6) is -1.38. The average Bonchev–Trinajstić information content (AvgIpc) is 2.47. The second kappa shape index (κ2) is 6.73. The average molecular weight is 272 g/mol. The van der Waals surface area contributed by atoms with Crippen molar-refractivity contribution in [3.05, 3.63) is 65.7 Å². The second-order valence-electron chi connectivity index (χ2n) is 4.42. The van der Waals surface area contributed by atoms with Gasteiger partial charge in [-0.1, -0.05) is 42.5 Å². The van der Waals surface area contributed by atoms with Crippen molar-refractivity contribution in [1.29, 1.82) is 0 Å². The molecule has 1 atom stereocenters. The topological polar surface area (TPSA) is 66.8 Å². The molecule has 0 amide bonds. The van der Waals surface area contributed by atoms with Crippen LogP contribution in [0, 0.1) is 0 Å². The van der Waals surface area contributed by atoms with Crippen LogP contribution in [-0.4, -0.2) is 22.8 Å². The molecule has 0 aliphatic carbocycles. The van der Waals surface area contributed by atoms with Crippen molar-refractivity contribution < 1.29 is 19.7 Å². The van der Waals surface area contributed by atoms with E-state index in [1.54, 1.807) is 24.3 Å². The first-order valence-corrected chi connectivity index (χ1v) is 6.31. The Labute approximate surface area is 117 Å². The van der Waals surface area contributed by atoms with Gasteiger partial charge >= 0.3 is 5.97 Å². The lowest BCUT2D eigenvalue weighted by atomic mass is 10.0. The number of carbonyl (C=O) groups is 1. The Hall–Kier alpha value is -2.33. The predicted molar refractivity (Wildman–Crippen MR) is 74.7 cm³/mol. The van der Waals surface area contributed by atoms with Crippen LogP contribution >= 0.6 is 0 Å². The molecule has 2 aromatic rings. The molecule has 2 aromatic carbocycles. The summed E-state index contributed by atoms with van der Waals surface area (Å²) < 4.78 is 5.63. The van der Waals surface area contributed by atoms with Gasteiger partial charge in [-0.3, -0.25) is 4.79 Å². The summed E-state index contributed by atoms with van der Waals surface area (Å²) in [5.41, 5.74) is 1.57. The Bertz CT molecular complexity index is 566. The molecule has 0 fully saturated rings. The van der Waals surface area contributed by atoms with Crippen molar-refractivity contribution in [3.8, 4) is 5.75 Å². The third kappa shape index (κ3) is 3.59. The molecule has 2 N–H and O–H groups in total. The molecule has 0 saturated heterocycles. The Morgan fingerprint density at radius 2 is 1.85 bits per heavy atom. The van der Waals surface area contributed by atoms with Gasteiger partial charge in [-0.2, -0.15) is 0 Å². The van der Waals surface area contributed by atoms with Crippen LogP contribution in [0.25, 0.3) is 0 Å². The summed E-state index contributed by atoms with van der Waals surface area (Å²) in [6.45, 7) is -0.0152. The van der Waals surface area contributed by atoms with Crippen LogP contribution in [-0.2, 0) is 11.4 Å². The molecular weight excluding hydrogens is 256 g/mol. The second-order valence-corrected chi connectivity index (χ2v) is 4.42. The number of carboxylic acids is 1. The number of aliphatic hydroxyl groups excluding tert-OH is 1. The van der Waals surface area contributed by atoms with Crippen molar-refractivity contribution in [2.75, 3.05) is 6.61 Å². The van der Waals surface area contributed by atoms with Crippen LogP contribution < -0.4 is 4.74 Å². The number of hydrogen-bond donors (Lipinski definition) is 2. The van der Waals surface area contributed by atoms with Gasteiger partial charge in [0.2, 0.25) is 0 Å². The highest BCUT2D eigenvalue weighted by molar-refractivity contribution is 5.76. The molecule has 0 bridgehead atoms. The van der Waals surface area contributed by atoms with Gasteiger partial charge in [-0.25, -0.2) is 0 Å². The molecule has 0 aliphatic rings. The molecule has 0 radical (unpaired) electrons. The highest BCUT2D eigenvalue weighted by atomic mass is 16.5. The molecule has 104 valence electrons. The lowest BCUT2D eigenvalue weighted by Gasteiger charge is -2.12. The molecule has 0 aliphatic heterocycles. The monoisotopic (exact) mass is 272 g/mol. The van der Waals surface area contributed by atoms with Gasteiger partial charge < -0.3 is 14.9 Å². The molecule has 0 aromatic heterocycles. The minimum atomic E-state index is -1.05. The minimum Gasteiger partial charge on any atom is -0.489 e. The van der Waals surface area contributed by atoms with Gasteiger partial charge in [0.05, 0.1) is 6.61 Å². The number of ether oxygens (including phenoxy) is 1. The third-order valence-corrected chi connectivity index (χ3v) is 2.99. The molecule has 2 rings (SSSR count). The Morgan fingerprint density at radius 1 is 1.10 bits per heavy atom. The molecule has 4 heteroatoms. The molecular formula is C16H16O4. The SMILES string of the molecule is O=C(O)C(CO)c1cccc(OCc2ccccc2)c1. The number of benzene rings is 2. The Kier molecular flexibility index (Phi) is 4.74. The van der Waals surface area contributed by atoms with Gasteiger partial charge in [0, 0.05) is 0 Å². The first-order chi connectivity index (χ1) is 9.70. The largest absolute Gasteiger partial charge is 0.489 e. The number of aliphatic hydroxyl groups is 1. The van der Waals surface area contributed by atoms with E-state index in [4.69, 9.17) is 14.9 Å². The minimum absolute atomic E-state index is 0.418. The summed E-state index contributed by atoms with van der Waals surface area (Å²) in [7, 11) is 0. The molecule has 0 saturated carbocycles. The molecule has 1 unspecified atom stereocenters. The van der Waals surface area contributed by atoms with E-state index in [-0.39, 0.29) is 0 Å². The maximum Gasteiger partial charge on any atom is 0.313 e. The van der Waals surface area contributed by atoms with Crippen LogP contribution in [0.15, 0.2) is 54.6 Å². The van der Waals surface area contributed by atoms with Crippen LogP contribution in [0.3, 0.4) is 0 Å². The summed E-state index contributed by atoms with van der Waals surface area (Å²) in [6.07, 6.45) is 0. The lowest BCUT2D eigenvalue weighted by molar-refractivity contribution is -0.139. The lowest BCUT2D eigenvalue weighted by Crippen LogP contribution is -2.15. The van der Waals surface area contributed by atoms with Gasteiger partial charge in [-0.15, -0.1) is 0 Å². The first kappa shape index (κ1) is 14.1. The van der Waals surface area contributed by atoms with E-state index < -0.39 is 18.5 Å². The van der Waals surface area contributed by atoms with E-state index in [9.17, 15) is 4.79 Å². The van der Waals surface area contributed by atoms with E-state index in [1.165, 1.54) is 0 Å². The van der Waals surface area contributed by atoms with E-state index >= 15 is 0 Å². The highest BCUT2D eigenvalue weighted by Crippen LogP contribution is 2.21. The summed E-state index contributed by atoms with van der Waals surface area (Å²) in [6, 6.07) is 16.5. The molecule has 0 heterocycles. The maximum absolute atomic E-state index is 11.0. The van der Waals surface area contributed by atoms with Gasteiger partial charge in [0.25, 0.3) is 0 Å². The maximum atomic E-state index is 11.0. The van der Waals surface area contributed by atoms with Crippen molar-refractivity contribution in [1.82, 2.24) is 0 Å². The summed E-state index contributed by atoms with van der Waals surface area (Å²) in [5, 5.41) is 18.2. The van der Waals surface area contributed by atoms with E-state index in [2.05, 4.69) is 0 Å². The van der Waals surface area contributed by atoms with E-state index in [0.717, 1.165) is 5.56 Å². The van der Waals surface area contributed by atoms with Crippen molar-refractivity contribution in [2.45, 2.75) is 12.5 Å². The fourth-order valence-electron chi connectivity index (χ4n) is 1.89. The smallest absolute Gasteiger partial charge is 0.313 e. The number of carboxylic acid groups (broad SMARTS) is 1. The van der Waals surface area contributed by atoms with Gasteiger partial charge in [-0.05, 0) is 23.3 Å². The quantitative estimate of drug-likeness (QED) is 0.847. The Morgan fingerprint density at radius 3 is 2.50 bits per heavy atom. The van der Waals surface area contributed by atoms with Crippen LogP contribution in [0.4, 0.5) is 0 Å². The standard InChI is InChI=1S/C16H16O4/c17-10-15(16(18)19)13-7-4-8-14(9-13)20-11-12-5-2-1-3-6-12/h1-9,15,17H,10-11H2,(H,18,19). The van der Waals surface area contributed by atoms with E-state index in [1.807, 2.05) is 30.3 Å². The summed E-state index contributed by atoms with van der Waals surface area (Å²) >= 11 is 0. The molecule has 20 heavy (non-hydrogen) atoms. The molecule has 0 spiro atoms. The Balaban J connectivity index is 2.08. The van der Waals surface area contributed by atoms with Crippen molar-refractivity contribution >= 4 is 5.97 Å². The zero-order valence-electron chi connectivity index (χ0n) is 10.9. The van der Waals surface area contributed by atoms with E-state index in [0.29, 0.717) is 17.9 Å². The van der Waals surface area contributed by atoms with Crippen LogP contribution in [0.2, 0.25) is 0 Å². The zero-order chi connectivity index (χ0) is 14.4. The normalized spacial score (nSPS) is 11.8. The highest BCUT2D eigenvalue weighted by Gasteiger charge is 2.18. The van der Waals surface area contributed by atoms with Gasteiger partial charge in [0.1, 0.15) is 18.3 Å². The fraction of sp³-hybridized carbons (Fsp3) is 0.188. The number of aliphatic carboxylic acids is 1. The van der Waals surface area contributed by atoms with Crippen LogP contribution in [0.5, 0.6) is 5.75 Å². The third-order valence-electron chi connectivity index (χ3n) is 2.99.